The first-order valence-corrected chi connectivity index (χ1v) is 19.3. The van der Waals surface area contributed by atoms with Crippen LogP contribution in [-0.4, -0.2) is 15.0 Å². The van der Waals surface area contributed by atoms with Crippen molar-refractivity contribution in [2.75, 3.05) is 0 Å². The number of hydrogen-bond acceptors (Lipinski definition) is 4. The first-order chi connectivity index (χ1) is 27.2. The Morgan fingerprint density at radius 1 is 0.309 bits per heavy atom. The fourth-order valence-electron chi connectivity index (χ4n) is 8.08. The molecule has 4 heteroatoms. The van der Waals surface area contributed by atoms with Crippen molar-refractivity contribution in [3.63, 3.8) is 0 Å². The molecular formula is C51H31N3S. The Kier molecular flexibility index (Phi) is 7.35. The lowest BCUT2D eigenvalue weighted by Gasteiger charge is -2.16. The van der Waals surface area contributed by atoms with Crippen molar-refractivity contribution >= 4 is 64.5 Å². The van der Waals surface area contributed by atoms with Crippen LogP contribution in [0.5, 0.6) is 0 Å². The fourth-order valence-corrected chi connectivity index (χ4v) is 9.08. The van der Waals surface area contributed by atoms with Gasteiger partial charge in [0.2, 0.25) is 0 Å². The van der Waals surface area contributed by atoms with E-state index in [0.717, 1.165) is 27.1 Å². The van der Waals surface area contributed by atoms with Crippen molar-refractivity contribution in [2.45, 2.75) is 0 Å². The Morgan fingerprint density at radius 2 is 0.764 bits per heavy atom. The molecular weight excluding hydrogens is 687 g/mol. The Hall–Kier alpha value is -7.01. The van der Waals surface area contributed by atoms with Gasteiger partial charge in [-0.3, -0.25) is 0 Å². The molecule has 0 radical (unpaired) electrons. The Labute approximate surface area is 321 Å². The smallest absolute Gasteiger partial charge is 0.174 e. The SMILES string of the molecule is c1ccc(-c2ccc(-c3nc(-c4ccc(-c5cc6c7ccccc7c7ccccc7c6c6ccccc56)cc4)nc(-c4cc5ccccc5s4)n3)cc2)cc1. The van der Waals surface area contributed by atoms with Crippen LogP contribution in [0.15, 0.2) is 188 Å². The summed E-state index contributed by atoms with van der Waals surface area (Å²) in [6.45, 7) is 0. The molecule has 0 amide bonds. The van der Waals surface area contributed by atoms with Gasteiger partial charge in [-0.1, -0.05) is 170 Å². The summed E-state index contributed by atoms with van der Waals surface area (Å²) in [7, 11) is 0. The lowest BCUT2D eigenvalue weighted by atomic mass is 9.87. The number of fused-ring (bicyclic) bond motifs is 9. The molecule has 55 heavy (non-hydrogen) atoms. The summed E-state index contributed by atoms with van der Waals surface area (Å²) >= 11 is 1.71. The molecule has 0 fully saturated rings. The monoisotopic (exact) mass is 717 g/mol. The first kappa shape index (κ1) is 31.5. The molecule has 0 aliphatic carbocycles. The Morgan fingerprint density at radius 3 is 1.42 bits per heavy atom. The quantitative estimate of drug-likeness (QED) is 0.166. The molecule has 11 aromatic rings. The van der Waals surface area contributed by atoms with Gasteiger partial charge in [-0.05, 0) is 88.9 Å². The molecule has 0 saturated carbocycles. The van der Waals surface area contributed by atoms with Crippen LogP contribution in [-0.2, 0) is 0 Å². The van der Waals surface area contributed by atoms with Gasteiger partial charge in [-0.2, -0.15) is 0 Å². The summed E-state index contributed by atoms with van der Waals surface area (Å²) in [5, 5.41) is 11.3. The van der Waals surface area contributed by atoms with Crippen molar-refractivity contribution in [3.8, 4) is 55.7 Å². The van der Waals surface area contributed by atoms with Crippen molar-refractivity contribution < 1.29 is 0 Å². The van der Waals surface area contributed by atoms with Gasteiger partial charge in [0.25, 0.3) is 0 Å². The number of rotatable bonds is 5. The summed E-state index contributed by atoms with van der Waals surface area (Å²) in [4.78, 5) is 16.3. The van der Waals surface area contributed by atoms with Crippen molar-refractivity contribution in [2.24, 2.45) is 0 Å². The van der Waals surface area contributed by atoms with E-state index in [0.29, 0.717) is 17.5 Å². The van der Waals surface area contributed by atoms with E-state index in [9.17, 15) is 0 Å². The molecule has 3 nitrogen and oxygen atoms in total. The fraction of sp³-hybridized carbons (Fsp3) is 0. The summed E-state index contributed by atoms with van der Waals surface area (Å²) in [5.74, 6) is 1.98. The van der Waals surface area contributed by atoms with Gasteiger partial charge in [0.15, 0.2) is 17.5 Å². The molecule has 0 N–H and O–H groups in total. The van der Waals surface area contributed by atoms with E-state index in [2.05, 4.69) is 182 Å². The molecule has 2 heterocycles. The maximum absolute atomic E-state index is 5.10. The van der Waals surface area contributed by atoms with E-state index in [1.165, 1.54) is 64.3 Å². The van der Waals surface area contributed by atoms with E-state index in [1.54, 1.807) is 11.3 Å². The highest BCUT2D eigenvalue weighted by Crippen LogP contribution is 2.43. The highest BCUT2D eigenvalue weighted by molar-refractivity contribution is 7.22. The maximum Gasteiger partial charge on any atom is 0.174 e. The maximum atomic E-state index is 5.10. The average molecular weight is 718 g/mol. The highest BCUT2D eigenvalue weighted by Gasteiger charge is 2.17. The summed E-state index contributed by atoms with van der Waals surface area (Å²) in [6.07, 6.45) is 0. The Bertz CT molecular complexity index is 3210. The number of benzene rings is 9. The second-order valence-corrected chi connectivity index (χ2v) is 15.0. The van der Waals surface area contributed by atoms with Crippen LogP contribution >= 0.6 is 11.3 Å². The van der Waals surface area contributed by atoms with Crippen LogP contribution < -0.4 is 0 Å². The van der Waals surface area contributed by atoms with E-state index >= 15 is 0 Å². The summed E-state index contributed by atoms with van der Waals surface area (Å²) in [6, 6.07) is 67.1. The zero-order valence-corrected chi connectivity index (χ0v) is 30.5. The lowest BCUT2D eigenvalue weighted by Crippen LogP contribution is -1.99. The molecule has 0 bridgehead atoms. The number of hydrogen-bond donors (Lipinski definition) is 0. The number of nitrogens with zero attached hydrogens (tertiary/aromatic N) is 3. The molecule has 2 aromatic heterocycles. The topological polar surface area (TPSA) is 38.7 Å². The second-order valence-electron chi connectivity index (χ2n) is 14.0. The molecule has 0 saturated heterocycles. The lowest BCUT2D eigenvalue weighted by molar-refractivity contribution is 1.08. The van der Waals surface area contributed by atoms with Gasteiger partial charge in [0, 0.05) is 15.8 Å². The number of thiophene rings is 1. The van der Waals surface area contributed by atoms with Gasteiger partial charge in [0.1, 0.15) is 0 Å². The third kappa shape index (κ3) is 5.38. The molecule has 0 atom stereocenters. The van der Waals surface area contributed by atoms with Crippen LogP contribution in [0.25, 0.3) is 109 Å². The third-order valence-corrected chi connectivity index (χ3v) is 11.8. The minimum atomic E-state index is 0.650. The molecule has 11 rings (SSSR count). The summed E-state index contributed by atoms with van der Waals surface area (Å²) < 4.78 is 1.21. The zero-order chi connectivity index (χ0) is 36.3. The van der Waals surface area contributed by atoms with E-state index < -0.39 is 0 Å². The summed E-state index contributed by atoms with van der Waals surface area (Å²) in [5.41, 5.74) is 6.57. The molecule has 0 aliphatic rings. The predicted octanol–water partition coefficient (Wildman–Crippen LogP) is 14.0. The zero-order valence-electron chi connectivity index (χ0n) is 29.6. The van der Waals surface area contributed by atoms with E-state index in [4.69, 9.17) is 15.0 Å². The van der Waals surface area contributed by atoms with Crippen LogP contribution in [0, 0.1) is 0 Å². The number of aromatic nitrogens is 3. The molecule has 9 aromatic carbocycles. The largest absolute Gasteiger partial charge is 0.208 e. The van der Waals surface area contributed by atoms with E-state index in [-0.39, 0.29) is 0 Å². The van der Waals surface area contributed by atoms with Crippen LogP contribution in [0.1, 0.15) is 0 Å². The Balaban J connectivity index is 1.06. The molecule has 0 unspecified atom stereocenters. The first-order valence-electron chi connectivity index (χ1n) is 18.5. The van der Waals surface area contributed by atoms with Crippen molar-refractivity contribution in [1.29, 1.82) is 0 Å². The van der Waals surface area contributed by atoms with Crippen LogP contribution in [0.2, 0.25) is 0 Å². The van der Waals surface area contributed by atoms with E-state index in [1.807, 2.05) is 6.07 Å². The van der Waals surface area contributed by atoms with Gasteiger partial charge < -0.3 is 0 Å². The van der Waals surface area contributed by atoms with Crippen LogP contribution in [0.3, 0.4) is 0 Å². The standard InChI is InChI=1S/C51H31N3S/c1-2-12-32(13-3-1)33-22-26-35(27-23-33)49-52-50(54-51(53-49)47-30-37-14-4-11-21-46(37)55-47)36-28-24-34(25-29-36)44-31-45-40-17-6-5-15-38(40)39-16-7-9-19-42(39)48(45)43-20-10-8-18-41(43)44/h1-31H. The van der Waals surface area contributed by atoms with Gasteiger partial charge in [-0.25, -0.2) is 15.0 Å². The predicted molar refractivity (Wildman–Crippen MR) is 232 cm³/mol. The second kappa shape index (κ2) is 12.8. The van der Waals surface area contributed by atoms with Gasteiger partial charge in [0.05, 0.1) is 4.88 Å². The van der Waals surface area contributed by atoms with Gasteiger partial charge in [-0.15, -0.1) is 11.3 Å². The molecule has 0 aliphatic heterocycles. The minimum absolute atomic E-state index is 0.650. The van der Waals surface area contributed by atoms with Crippen molar-refractivity contribution in [3.05, 3.63) is 188 Å². The van der Waals surface area contributed by atoms with Gasteiger partial charge >= 0.3 is 0 Å². The highest BCUT2D eigenvalue weighted by atomic mass is 32.1. The molecule has 256 valence electrons. The van der Waals surface area contributed by atoms with Crippen molar-refractivity contribution in [1.82, 2.24) is 15.0 Å². The minimum Gasteiger partial charge on any atom is -0.208 e. The average Bonchev–Trinajstić information content (AvgIpc) is 3.71. The molecule has 0 spiro atoms. The normalized spacial score (nSPS) is 11.6. The van der Waals surface area contributed by atoms with Crippen LogP contribution in [0.4, 0.5) is 0 Å². The third-order valence-electron chi connectivity index (χ3n) is 10.7.